The van der Waals surface area contributed by atoms with Gasteiger partial charge in [-0.2, -0.15) is 0 Å². The predicted octanol–water partition coefficient (Wildman–Crippen LogP) is 8.83. The molecule has 0 spiro atoms. The number of para-hydroxylation sites is 1. The largest absolute Gasteiger partial charge is 0.458 e. The third kappa shape index (κ3) is 5.65. The first-order chi connectivity index (χ1) is 24.8. The minimum atomic E-state index is 0.111. The Hall–Kier alpha value is -6.59. The Morgan fingerprint density at radius 3 is 1.38 bits per heavy atom. The second-order valence-electron chi connectivity index (χ2n) is 12.4. The van der Waals surface area contributed by atoms with E-state index in [1.807, 2.05) is 66.7 Å². The molecule has 0 atom stereocenters. The van der Waals surface area contributed by atoms with Gasteiger partial charge in [-0.05, 0) is 57.4 Å². The van der Waals surface area contributed by atoms with Crippen molar-refractivity contribution in [2.24, 2.45) is 0 Å². The highest BCUT2D eigenvalue weighted by atomic mass is 16.5. The molecule has 234 valence electrons. The van der Waals surface area contributed by atoms with Crippen LogP contribution in [0.2, 0.25) is 0 Å². The van der Waals surface area contributed by atoms with E-state index in [9.17, 15) is 0 Å². The molecule has 1 aliphatic rings. The van der Waals surface area contributed by atoms with Gasteiger partial charge in [-0.25, -0.2) is 15.0 Å². The summed E-state index contributed by atoms with van der Waals surface area (Å²) in [7, 11) is 0. The lowest BCUT2D eigenvalue weighted by atomic mass is 9.36. The van der Waals surface area contributed by atoms with Crippen LogP contribution in [0.5, 0.6) is 11.5 Å². The Balaban J connectivity index is 1.08. The van der Waals surface area contributed by atoms with Crippen LogP contribution >= 0.6 is 0 Å². The smallest absolute Gasteiger partial charge is 0.250 e. The van der Waals surface area contributed by atoms with Crippen molar-refractivity contribution in [2.45, 2.75) is 0 Å². The SMILES string of the molecule is c1ccc(B2c3ccccc3Oc3cc(-c4cccc(-c5cccc(-c6nc(-c7ccccc7)nc(-c7ccccc7)n6)c5)c4)ccc32)cc1. The van der Waals surface area contributed by atoms with E-state index in [1.165, 1.54) is 16.4 Å². The van der Waals surface area contributed by atoms with E-state index in [-0.39, 0.29) is 6.71 Å². The molecule has 0 unspecified atom stereocenters. The zero-order valence-electron chi connectivity index (χ0n) is 27.1. The van der Waals surface area contributed by atoms with Gasteiger partial charge in [-0.15, -0.1) is 0 Å². The molecule has 5 heteroatoms. The monoisotopic (exact) mass is 639 g/mol. The Kier molecular flexibility index (Phi) is 7.56. The molecule has 0 fully saturated rings. The number of hydrogen-bond donors (Lipinski definition) is 0. The van der Waals surface area contributed by atoms with Crippen LogP contribution in [0.3, 0.4) is 0 Å². The van der Waals surface area contributed by atoms with Gasteiger partial charge in [0.05, 0.1) is 0 Å². The molecular formula is C45H30BN3O. The van der Waals surface area contributed by atoms with E-state index < -0.39 is 0 Å². The van der Waals surface area contributed by atoms with Crippen molar-refractivity contribution in [3.8, 4) is 67.9 Å². The van der Waals surface area contributed by atoms with E-state index in [0.29, 0.717) is 17.5 Å². The Bertz CT molecular complexity index is 2410. The molecule has 1 aromatic heterocycles. The highest BCUT2D eigenvalue weighted by Crippen LogP contribution is 2.33. The van der Waals surface area contributed by atoms with Crippen LogP contribution in [-0.2, 0) is 0 Å². The number of nitrogens with zero attached hydrogens (tertiary/aromatic N) is 3. The number of fused-ring (bicyclic) bond motifs is 2. The van der Waals surface area contributed by atoms with E-state index >= 15 is 0 Å². The molecule has 1 aliphatic heterocycles. The van der Waals surface area contributed by atoms with Crippen molar-refractivity contribution in [1.82, 2.24) is 15.0 Å². The van der Waals surface area contributed by atoms with Crippen molar-refractivity contribution in [3.05, 3.63) is 182 Å². The topological polar surface area (TPSA) is 47.9 Å². The zero-order valence-corrected chi connectivity index (χ0v) is 27.1. The van der Waals surface area contributed by atoms with Gasteiger partial charge in [0.25, 0.3) is 6.71 Å². The standard InChI is InChI=1S/C45H30BN3O/c1-4-14-31(15-5-1)43-47-44(32-16-6-2-7-17-32)49-45(48-43)37-21-13-20-35(29-37)33-18-12-19-34(28-33)36-26-27-40-42(30-36)50-41-25-11-10-24-39(41)46(40)38-22-8-3-9-23-38/h1-30H. The molecule has 0 amide bonds. The molecule has 8 aromatic rings. The maximum absolute atomic E-state index is 6.54. The fourth-order valence-corrected chi connectivity index (χ4v) is 6.80. The molecule has 0 saturated heterocycles. The van der Waals surface area contributed by atoms with E-state index in [1.54, 1.807) is 0 Å². The average Bonchev–Trinajstić information content (AvgIpc) is 3.20. The van der Waals surface area contributed by atoms with Crippen LogP contribution in [-0.4, -0.2) is 21.7 Å². The number of hydrogen-bond acceptors (Lipinski definition) is 4. The second kappa shape index (κ2) is 12.8. The summed E-state index contributed by atoms with van der Waals surface area (Å²) in [6.45, 7) is 0.111. The first kappa shape index (κ1) is 29.5. The molecule has 50 heavy (non-hydrogen) atoms. The maximum Gasteiger partial charge on any atom is 0.250 e. The van der Waals surface area contributed by atoms with Gasteiger partial charge in [-0.1, -0.05) is 163 Å². The quantitative estimate of drug-likeness (QED) is 0.171. The van der Waals surface area contributed by atoms with Crippen molar-refractivity contribution >= 4 is 23.1 Å². The molecule has 2 heterocycles. The first-order valence-electron chi connectivity index (χ1n) is 16.8. The van der Waals surface area contributed by atoms with Gasteiger partial charge in [-0.3, -0.25) is 0 Å². The van der Waals surface area contributed by atoms with Crippen LogP contribution in [0.25, 0.3) is 56.4 Å². The van der Waals surface area contributed by atoms with Crippen LogP contribution in [0.4, 0.5) is 0 Å². The van der Waals surface area contributed by atoms with Gasteiger partial charge >= 0.3 is 0 Å². The third-order valence-electron chi connectivity index (χ3n) is 9.26. The average molecular weight is 640 g/mol. The summed E-state index contributed by atoms with van der Waals surface area (Å²) in [6.07, 6.45) is 0. The summed E-state index contributed by atoms with van der Waals surface area (Å²) < 4.78 is 6.54. The molecule has 0 bridgehead atoms. The molecule has 9 rings (SSSR count). The molecule has 0 N–H and O–H groups in total. The lowest BCUT2D eigenvalue weighted by Crippen LogP contribution is -2.54. The fourth-order valence-electron chi connectivity index (χ4n) is 6.80. The van der Waals surface area contributed by atoms with Crippen LogP contribution < -0.4 is 21.1 Å². The normalized spacial score (nSPS) is 11.7. The highest BCUT2D eigenvalue weighted by Gasteiger charge is 2.32. The molecular weight excluding hydrogens is 609 g/mol. The summed E-state index contributed by atoms with van der Waals surface area (Å²) >= 11 is 0. The summed E-state index contributed by atoms with van der Waals surface area (Å²) in [4.78, 5) is 14.8. The van der Waals surface area contributed by atoms with Crippen LogP contribution in [0.1, 0.15) is 0 Å². The summed E-state index contributed by atoms with van der Waals surface area (Å²) in [5.41, 5.74) is 10.8. The van der Waals surface area contributed by atoms with Gasteiger partial charge in [0, 0.05) is 16.7 Å². The molecule has 0 aliphatic carbocycles. The third-order valence-corrected chi connectivity index (χ3v) is 9.26. The van der Waals surface area contributed by atoms with Crippen molar-refractivity contribution < 1.29 is 4.74 Å². The summed E-state index contributed by atoms with van der Waals surface area (Å²) in [6, 6.07) is 62.9. The number of rotatable bonds is 6. The molecule has 4 nitrogen and oxygen atoms in total. The lowest BCUT2D eigenvalue weighted by molar-refractivity contribution is 0.487. The minimum absolute atomic E-state index is 0.111. The highest BCUT2D eigenvalue weighted by molar-refractivity contribution is 6.96. The summed E-state index contributed by atoms with van der Waals surface area (Å²) in [5.74, 6) is 3.72. The zero-order chi connectivity index (χ0) is 33.3. The Morgan fingerprint density at radius 2 is 0.760 bits per heavy atom. The van der Waals surface area contributed by atoms with Gasteiger partial charge < -0.3 is 4.74 Å². The van der Waals surface area contributed by atoms with Gasteiger partial charge in [0.2, 0.25) is 0 Å². The predicted molar refractivity (Wildman–Crippen MR) is 205 cm³/mol. The second-order valence-corrected chi connectivity index (χ2v) is 12.4. The molecule has 0 saturated carbocycles. The Morgan fingerprint density at radius 1 is 0.320 bits per heavy atom. The lowest BCUT2D eigenvalue weighted by Gasteiger charge is -2.27. The van der Waals surface area contributed by atoms with E-state index in [2.05, 4.69) is 115 Å². The number of ether oxygens (including phenoxy) is 1. The van der Waals surface area contributed by atoms with Crippen LogP contribution in [0, 0.1) is 0 Å². The van der Waals surface area contributed by atoms with Crippen molar-refractivity contribution in [3.63, 3.8) is 0 Å². The van der Waals surface area contributed by atoms with Crippen molar-refractivity contribution in [2.75, 3.05) is 0 Å². The van der Waals surface area contributed by atoms with Gasteiger partial charge in [0.1, 0.15) is 11.5 Å². The van der Waals surface area contributed by atoms with Crippen molar-refractivity contribution in [1.29, 1.82) is 0 Å². The fraction of sp³-hybridized carbons (Fsp3) is 0. The molecule has 0 radical (unpaired) electrons. The maximum atomic E-state index is 6.54. The summed E-state index contributed by atoms with van der Waals surface area (Å²) in [5, 5.41) is 0. The number of aromatic nitrogens is 3. The van der Waals surface area contributed by atoms with E-state index in [0.717, 1.165) is 50.4 Å². The van der Waals surface area contributed by atoms with Crippen LogP contribution in [0.15, 0.2) is 182 Å². The minimum Gasteiger partial charge on any atom is -0.458 e. The van der Waals surface area contributed by atoms with E-state index in [4.69, 9.17) is 19.7 Å². The first-order valence-corrected chi connectivity index (χ1v) is 16.8. The Labute approximate surface area is 291 Å². The number of benzene rings is 7. The molecule has 7 aromatic carbocycles. The van der Waals surface area contributed by atoms with Gasteiger partial charge in [0.15, 0.2) is 17.5 Å².